The van der Waals surface area contributed by atoms with Crippen molar-refractivity contribution in [3.63, 3.8) is 0 Å². The first-order valence-corrected chi connectivity index (χ1v) is 9.81. The number of hydrogen-bond donors (Lipinski definition) is 3. The first-order chi connectivity index (χ1) is 13.8. The van der Waals surface area contributed by atoms with E-state index in [-0.39, 0.29) is 12.0 Å². The zero-order valence-electron chi connectivity index (χ0n) is 16.0. The Morgan fingerprint density at radius 2 is 1.97 bits per heavy atom. The largest absolute Gasteiger partial charge is 0.480 e. The van der Waals surface area contributed by atoms with Crippen molar-refractivity contribution in [2.75, 3.05) is 6.54 Å². The fraction of sp³-hybridized carbons (Fsp3) is 0.300. The maximum Gasteiger partial charge on any atom is 0.326 e. The Morgan fingerprint density at radius 1 is 1.28 bits per heavy atom. The van der Waals surface area contributed by atoms with Crippen LogP contribution < -0.4 is 16.6 Å². The number of halogens is 1. The lowest BCUT2D eigenvalue weighted by atomic mass is 10.1. The zero-order valence-corrected chi connectivity index (χ0v) is 17.6. The number of amides is 1. The maximum absolute atomic E-state index is 12.7. The number of aliphatic imine (C=N–C) groups is 1. The van der Waals surface area contributed by atoms with Gasteiger partial charge in [0.1, 0.15) is 11.6 Å². The molecule has 1 amide bonds. The van der Waals surface area contributed by atoms with Crippen LogP contribution in [0.15, 0.2) is 56.9 Å². The van der Waals surface area contributed by atoms with E-state index in [4.69, 9.17) is 5.73 Å². The van der Waals surface area contributed by atoms with Gasteiger partial charge in [-0.05, 0) is 49.6 Å². The second-order valence-corrected chi connectivity index (χ2v) is 7.43. The molecule has 1 aromatic carbocycles. The number of carbonyl (C=O) groups excluding carboxylic acids is 1. The smallest absolute Gasteiger partial charge is 0.326 e. The predicted octanol–water partition coefficient (Wildman–Crippen LogP) is 2.00. The number of carboxylic acid groups (broad SMARTS) is 1. The van der Waals surface area contributed by atoms with E-state index in [1.165, 1.54) is 10.6 Å². The van der Waals surface area contributed by atoms with Gasteiger partial charge >= 0.3 is 5.97 Å². The third-order valence-electron chi connectivity index (χ3n) is 4.15. The van der Waals surface area contributed by atoms with Crippen LogP contribution in [0, 0.1) is 0 Å². The standard InChI is InChI=1S/C20H23BrN4O4/c1-13(22)23-10-2-5-17(20(28)29)24-18(26)16-4-3-11-25(19(16)27)12-14-6-8-15(21)9-7-14/h3-4,6-9,11,17H,2,5,10,12H2,1H3,(H2,22,23)(H,24,26)(H,28,29). The van der Waals surface area contributed by atoms with Crippen LogP contribution in [0.3, 0.4) is 0 Å². The zero-order chi connectivity index (χ0) is 21.4. The SMILES string of the molecule is CC(N)=NCCCC(NC(=O)c1cccn(Cc2ccc(Br)cc2)c1=O)C(=O)O. The van der Waals surface area contributed by atoms with Crippen molar-refractivity contribution in [3.8, 4) is 0 Å². The minimum atomic E-state index is -1.17. The van der Waals surface area contributed by atoms with Crippen LogP contribution in [0.4, 0.5) is 0 Å². The highest BCUT2D eigenvalue weighted by Gasteiger charge is 2.22. The van der Waals surface area contributed by atoms with Gasteiger partial charge in [-0.2, -0.15) is 0 Å². The predicted molar refractivity (Wildman–Crippen MR) is 114 cm³/mol. The molecule has 8 nitrogen and oxygen atoms in total. The van der Waals surface area contributed by atoms with Gasteiger partial charge < -0.3 is 20.7 Å². The van der Waals surface area contributed by atoms with Crippen LogP contribution in [0.2, 0.25) is 0 Å². The number of aromatic nitrogens is 1. The van der Waals surface area contributed by atoms with E-state index in [0.717, 1.165) is 10.0 Å². The number of aliphatic carboxylic acids is 1. The summed E-state index contributed by atoms with van der Waals surface area (Å²) in [7, 11) is 0. The Kier molecular flexibility index (Phi) is 8.14. The van der Waals surface area contributed by atoms with Gasteiger partial charge in [-0.1, -0.05) is 28.1 Å². The highest BCUT2D eigenvalue weighted by Crippen LogP contribution is 2.11. The summed E-state index contributed by atoms with van der Waals surface area (Å²) in [5, 5.41) is 11.8. The van der Waals surface area contributed by atoms with E-state index >= 15 is 0 Å². The summed E-state index contributed by atoms with van der Waals surface area (Å²) in [6.07, 6.45) is 2.20. The molecule has 0 bridgehead atoms. The van der Waals surface area contributed by atoms with Crippen molar-refractivity contribution in [3.05, 3.63) is 68.5 Å². The van der Waals surface area contributed by atoms with Crippen LogP contribution in [-0.4, -0.2) is 40.0 Å². The maximum atomic E-state index is 12.7. The molecule has 0 aliphatic heterocycles. The molecule has 0 fully saturated rings. The van der Waals surface area contributed by atoms with E-state index < -0.39 is 23.5 Å². The van der Waals surface area contributed by atoms with Gasteiger partial charge in [-0.3, -0.25) is 14.6 Å². The molecule has 154 valence electrons. The lowest BCUT2D eigenvalue weighted by molar-refractivity contribution is -0.139. The summed E-state index contributed by atoms with van der Waals surface area (Å²) in [6, 6.07) is 9.33. The molecule has 0 aliphatic carbocycles. The fourth-order valence-corrected chi connectivity index (χ4v) is 2.93. The van der Waals surface area contributed by atoms with Gasteiger partial charge in [-0.15, -0.1) is 0 Å². The van der Waals surface area contributed by atoms with E-state index in [2.05, 4.69) is 26.2 Å². The van der Waals surface area contributed by atoms with Crippen molar-refractivity contribution in [2.45, 2.75) is 32.4 Å². The molecule has 4 N–H and O–H groups in total. The highest BCUT2D eigenvalue weighted by atomic mass is 79.9. The van der Waals surface area contributed by atoms with Gasteiger partial charge in [-0.25, -0.2) is 4.79 Å². The van der Waals surface area contributed by atoms with Crippen molar-refractivity contribution >= 4 is 33.6 Å². The number of carbonyl (C=O) groups is 2. The van der Waals surface area contributed by atoms with Crippen molar-refractivity contribution in [1.29, 1.82) is 0 Å². The number of nitrogens with one attached hydrogen (secondary N) is 1. The molecule has 0 spiro atoms. The Hall–Kier alpha value is -2.94. The summed E-state index contributed by atoms with van der Waals surface area (Å²) >= 11 is 3.36. The third kappa shape index (κ3) is 6.86. The van der Waals surface area contributed by atoms with Crippen molar-refractivity contribution in [1.82, 2.24) is 9.88 Å². The number of pyridine rings is 1. The van der Waals surface area contributed by atoms with Crippen LogP contribution in [0.1, 0.15) is 35.7 Å². The van der Waals surface area contributed by atoms with Gasteiger partial charge in [0.15, 0.2) is 0 Å². The number of amidine groups is 1. The van der Waals surface area contributed by atoms with Crippen LogP contribution in [0.5, 0.6) is 0 Å². The fourth-order valence-electron chi connectivity index (χ4n) is 2.66. The van der Waals surface area contributed by atoms with E-state index in [0.29, 0.717) is 25.3 Å². The minimum Gasteiger partial charge on any atom is -0.480 e. The van der Waals surface area contributed by atoms with Crippen molar-refractivity contribution in [2.24, 2.45) is 10.7 Å². The topological polar surface area (TPSA) is 127 Å². The minimum absolute atomic E-state index is 0.105. The molecule has 0 saturated carbocycles. The number of nitrogens with zero attached hydrogens (tertiary/aromatic N) is 2. The average molecular weight is 463 g/mol. The Labute approximate surface area is 176 Å². The molecule has 1 unspecified atom stereocenters. The second-order valence-electron chi connectivity index (χ2n) is 6.51. The second kappa shape index (κ2) is 10.6. The quantitative estimate of drug-likeness (QED) is 0.298. The molecule has 1 heterocycles. The van der Waals surface area contributed by atoms with E-state index in [1.54, 1.807) is 19.2 Å². The summed E-state index contributed by atoms with van der Waals surface area (Å²) in [4.78, 5) is 40.7. The molecule has 2 aromatic rings. The van der Waals surface area contributed by atoms with Gasteiger partial charge in [0.05, 0.1) is 12.4 Å². The molecule has 0 aliphatic rings. The molecule has 29 heavy (non-hydrogen) atoms. The Balaban J connectivity index is 2.10. The molecule has 1 aromatic heterocycles. The van der Waals surface area contributed by atoms with Gasteiger partial charge in [0, 0.05) is 17.2 Å². The summed E-state index contributed by atoms with van der Waals surface area (Å²) in [5.41, 5.74) is 5.75. The summed E-state index contributed by atoms with van der Waals surface area (Å²) in [6.45, 7) is 2.31. The number of nitrogens with two attached hydrogens (primary N) is 1. The monoisotopic (exact) mass is 462 g/mol. The normalized spacial score (nSPS) is 12.4. The molecular weight excluding hydrogens is 440 g/mol. The molecule has 1 atom stereocenters. The van der Waals surface area contributed by atoms with Gasteiger partial charge in [0.25, 0.3) is 11.5 Å². The van der Waals surface area contributed by atoms with Crippen molar-refractivity contribution < 1.29 is 14.7 Å². The Morgan fingerprint density at radius 3 is 2.59 bits per heavy atom. The average Bonchev–Trinajstić information content (AvgIpc) is 2.67. The number of carboxylic acids is 1. The molecule has 0 saturated heterocycles. The van der Waals surface area contributed by atoms with Crippen LogP contribution in [-0.2, 0) is 11.3 Å². The first-order valence-electron chi connectivity index (χ1n) is 9.02. The van der Waals surface area contributed by atoms with Crippen LogP contribution >= 0.6 is 15.9 Å². The summed E-state index contributed by atoms with van der Waals surface area (Å²) < 4.78 is 2.33. The molecular formula is C20H23BrN4O4. The first kappa shape index (κ1) is 22.4. The number of hydrogen-bond acceptors (Lipinski definition) is 4. The molecule has 2 rings (SSSR count). The van der Waals surface area contributed by atoms with Gasteiger partial charge in [0.2, 0.25) is 0 Å². The Bertz CT molecular complexity index is 950. The summed E-state index contributed by atoms with van der Waals surface area (Å²) in [5.74, 6) is -1.47. The molecule has 9 heteroatoms. The lowest BCUT2D eigenvalue weighted by Gasteiger charge is -2.14. The third-order valence-corrected chi connectivity index (χ3v) is 4.68. The lowest BCUT2D eigenvalue weighted by Crippen LogP contribution is -2.43. The number of rotatable bonds is 9. The van der Waals surface area contributed by atoms with Crippen LogP contribution in [0.25, 0.3) is 0 Å². The van der Waals surface area contributed by atoms with E-state index in [1.807, 2.05) is 24.3 Å². The number of benzene rings is 1. The highest BCUT2D eigenvalue weighted by molar-refractivity contribution is 9.10. The van der Waals surface area contributed by atoms with E-state index in [9.17, 15) is 19.5 Å². The molecule has 0 radical (unpaired) electrons.